The van der Waals surface area contributed by atoms with Crippen molar-refractivity contribution in [2.24, 2.45) is 0 Å². The van der Waals surface area contributed by atoms with E-state index in [1.807, 2.05) is 19.9 Å². The van der Waals surface area contributed by atoms with E-state index in [4.69, 9.17) is 16.3 Å². The fourth-order valence-electron chi connectivity index (χ4n) is 2.02. The molecule has 0 aliphatic rings. The van der Waals surface area contributed by atoms with Gasteiger partial charge in [0.1, 0.15) is 12.0 Å². The van der Waals surface area contributed by atoms with E-state index in [-0.39, 0.29) is 0 Å². The molecule has 0 fully saturated rings. The van der Waals surface area contributed by atoms with Gasteiger partial charge in [0.15, 0.2) is 0 Å². The van der Waals surface area contributed by atoms with Crippen molar-refractivity contribution < 1.29 is 9.53 Å². The molecule has 1 aromatic carbocycles. The quantitative estimate of drug-likeness (QED) is 0.594. The van der Waals surface area contributed by atoms with Gasteiger partial charge < -0.3 is 4.74 Å². The Labute approximate surface area is 114 Å². The molecule has 0 atom stereocenters. The summed E-state index contributed by atoms with van der Waals surface area (Å²) in [6.07, 6.45) is 4.19. The van der Waals surface area contributed by atoms with Crippen LogP contribution in [0.3, 0.4) is 0 Å². The predicted molar refractivity (Wildman–Crippen MR) is 75.6 cm³/mol. The number of carbonyl (C=O) groups is 1. The van der Waals surface area contributed by atoms with Gasteiger partial charge in [-0.1, -0.05) is 17.2 Å². The van der Waals surface area contributed by atoms with Crippen LogP contribution >= 0.6 is 11.6 Å². The van der Waals surface area contributed by atoms with E-state index in [2.05, 4.69) is 6.92 Å². The van der Waals surface area contributed by atoms with E-state index in [0.717, 1.165) is 36.0 Å². The lowest BCUT2D eigenvalue weighted by Crippen LogP contribution is -1.98. The summed E-state index contributed by atoms with van der Waals surface area (Å²) in [7, 11) is 1.62. The van der Waals surface area contributed by atoms with Gasteiger partial charge in [-0.15, -0.1) is 0 Å². The van der Waals surface area contributed by atoms with Gasteiger partial charge in [0, 0.05) is 0 Å². The van der Waals surface area contributed by atoms with Gasteiger partial charge in [-0.3, -0.25) is 4.79 Å². The lowest BCUT2D eigenvalue weighted by Gasteiger charge is -2.14. The van der Waals surface area contributed by atoms with Crippen LogP contribution in [-0.2, 0) is 11.2 Å². The molecule has 0 aliphatic carbocycles. The number of aryl methyl sites for hydroxylation is 1. The Bertz CT molecular complexity index is 476. The normalized spacial score (nSPS) is 11.5. The molecular formula is C15H19ClO2. The molecule has 0 radical (unpaired) electrons. The van der Waals surface area contributed by atoms with E-state index in [1.54, 1.807) is 13.2 Å². The number of benzene rings is 1. The van der Waals surface area contributed by atoms with Crippen LogP contribution in [0.25, 0.3) is 0 Å². The highest BCUT2D eigenvalue weighted by atomic mass is 35.5. The van der Waals surface area contributed by atoms with Crippen molar-refractivity contribution >= 4 is 17.9 Å². The molecule has 3 heteroatoms. The molecule has 0 heterocycles. The number of methoxy groups -OCH3 is 1. The van der Waals surface area contributed by atoms with Crippen LogP contribution < -0.4 is 4.74 Å². The largest absolute Gasteiger partial charge is 0.495 e. The minimum absolute atomic E-state index is 0.676. The number of hydrogen-bond acceptors (Lipinski definition) is 2. The molecule has 98 valence electrons. The average molecular weight is 267 g/mol. The topological polar surface area (TPSA) is 26.3 Å². The van der Waals surface area contributed by atoms with Gasteiger partial charge >= 0.3 is 0 Å². The van der Waals surface area contributed by atoms with Gasteiger partial charge in [-0.05, 0) is 62.4 Å². The molecule has 18 heavy (non-hydrogen) atoms. The lowest BCUT2D eigenvalue weighted by molar-refractivity contribution is -0.104. The number of rotatable bonds is 5. The zero-order valence-electron chi connectivity index (χ0n) is 11.3. The highest BCUT2D eigenvalue weighted by Gasteiger charge is 2.11. The van der Waals surface area contributed by atoms with Crippen molar-refractivity contribution in [2.45, 2.75) is 33.6 Å². The summed E-state index contributed by atoms with van der Waals surface area (Å²) >= 11 is 6.25. The lowest BCUT2D eigenvalue weighted by atomic mass is 9.96. The van der Waals surface area contributed by atoms with E-state index in [0.29, 0.717) is 5.02 Å². The fourth-order valence-corrected chi connectivity index (χ4v) is 2.26. The molecular weight excluding hydrogens is 248 g/mol. The van der Waals surface area contributed by atoms with E-state index in [1.165, 1.54) is 11.1 Å². The van der Waals surface area contributed by atoms with Crippen molar-refractivity contribution in [2.75, 3.05) is 7.11 Å². The van der Waals surface area contributed by atoms with Crippen LogP contribution in [0, 0.1) is 13.8 Å². The van der Waals surface area contributed by atoms with Crippen LogP contribution in [0.2, 0.25) is 5.02 Å². The molecule has 0 aliphatic heterocycles. The van der Waals surface area contributed by atoms with Crippen molar-refractivity contribution in [3.8, 4) is 5.75 Å². The first-order valence-corrected chi connectivity index (χ1v) is 6.32. The van der Waals surface area contributed by atoms with Gasteiger partial charge in [-0.2, -0.15) is 0 Å². The van der Waals surface area contributed by atoms with Crippen LogP contribution in [-0.4, -0.2) is 13.4 Å². The van der Waals surface area contributed by atoms with Crippen LogP contribution in [0.4, 0.5) is 0 Å². The van der Waals surface area contributed by atoms with E-state index < -0.39 is 0 Å². The Kier molecular flexibility index (Phi) is 5.42. The number of carbonyl (C=O) groups excluding carboxylic acids is 1. The number of ether oxygens (including phenoxy) is 1. The Balaban J connectivity index is 3.00. The molecule has 0 saturated carbocycles. The van der Waals surface area contributed by atoms with Crippen LogP contribution in [0.1, 0.15) is 30.0 Å². The minimum atomic E-state index is 0.676. The van der Waals surface area contributed by atoms with Crippen molar-refractivity contribution in [1.82, 2.24) is 0 Å². The summed E-state index contributed by atoms with van der Waals surface area (Å²) in [6, 6.07) is 1.96. The molecule has 1 rings (SSSR count). The second kappa shape index (κ2) is 6.60. The molecule has 0 spiro atoms. The number of allylic oxidation sites excluding steroid dienone is 2. The van der Waals surface area contributed by atoms with Crippen LogP contribution in [0.15, 0.2) is 17.7 Å². The zero-order valence-corrected chi connectivity index (χ0v) is 12.1. The van der Waals surface area contributed by atoms with Crippen molar-refractivity contribution in [3.63, 3.8) is 0 Å². The van der Waals surface area contributed by atoms with Crippen molar-refractivity contribution in [3.05, 3.63) is 39.4 Å². The first kappa shape index (κ1) is 14.8. The Hall–Kier alpha value is -1.28. The van der Waals surface area contributed by atoms with Gasteiger partial charge in [0.05, 0.1) is 12.1 Å². The molecule has 1 aromatic rings. The van der Waals surface area contributed by atoms with E-state index in [9.17, 15) is 4.79 Å². The minimum Gasteiger partial charge on any atom is -0.495 e. The summed E-state index contributed by atoms with van der Waals surface area (Å²) in [5.41, 5.74) is 4.55. The summed E-state index contributed by atoms with van der Waals surface area (Å²) in [4.78, 5) is 10.4. The molecule has 0 N–H and O–H groups in total. The molecule has 0 unspecified atom stereocenters. The first-order chi connectivity index (χ1) is 8.51. The molecule has 0 saturated heterocycles. The monoisotopic (exact) mass is 266 g/mol. The van der Waals surface area contributed by atoms with E-state index >= 15 is 0 Å². The zero-order chi connectivity index (χ0) is 13.7. The molecule has 2 nitrogen and oxygen atoms in total. The highest BCUT2D eigenvalue weighted by molar-refractivity contribution is 6.33. The summed E-state index contributed by atoms with van der Waals surface area (Å²) in [5, 5.41) is 0.676. The van der Waals surface area contributed by atoms with Gasteiger partial charge in [-0.25, -0.2) is 0 Å². The van der Waals surface area contributed by atoms with Gasteiger partial charge in [0.2, 0.25) is 0 Å². The second-order valence-corrected chi connectivity index (χ2v) is 4.84. The molecule has 0 bridgehead atoms. The maximum atomic E-state index is 10.4. The summed E-state index contributed by atoms with van der Waals surface area (Å²) in [5.74, 6) is 0.718. The third-order valence-corrected chi connectivity index (χ3v) is 3.63. The number of hydrogen-bond donors (Lipinski definition) is 0. The SMILES string of the molecule is COc1cc(C)c(CC/C(C)=C/C=O)c(C)c1Cl. The van der Waals surface area contributed by atoms with Crippen molar-refractivity contribution in [1.29, 1.82) is 0 Å². The summed E-state index contributed by atoms with van der Waals surface area (Å²) in [6.45, 7) is 6.02. The number of aldehydes is 1. The predicted octanol–water partition coefficient (Wildman–Crippen LogP) is 4.04. The highest BCUT2D eigenvalue weighted by Crippen LogP contribution is 2.33. The average Bonchev–Trinajstić information content (AvgIpc) is 2.34. The van der Waals surface area contributed by atoms with Gasteiger partial charge in [0.25, 0.3) is 0 Å². The third-order valence-electron chi connectivity index (χ3n) is 3.16. The molecule has 0 amide bonds. The smallest absolute Gasteiger partial charge is 0.142 e. The number of halogens is 1. The molecule has 0 aromatic heterocycles. The second-order valence-electron chi connectivity index (χ2n) is 4.46. The maximum absolute atomic E-state index is 10.4. The first-order valence-electron chi connectivity index (χ1n) is 5.94. The Morgan fingerprint density at radius 1 is 1.44 bits per heavy atom. The van der Waals surface area contributed by atoms with Crippen LogP contribution in [0.5, 0.6) is 5.75 Å². The fraction of sp³-hybridized carbons (Fsp3) is 0.400. The maximum Gasteiger partial charge on any atom is 0.142 e. The standard InChI is InChI=1S/C15H19ClO2/c1-10(7-8-17)5-6-13-11(2)9-14(18-4)15(16)12(13)3/h7-9H,5-6H2,1-4H3/b10-7+. The Morgan fingerprint density at radius 3 is 2.67 bits per heavy atom. The third kappa shape index (κ3) is 3.36. The summed E-state index contributed by atoms with van der Waals surface area (Å²) < 4.78 is 5.24. The Morgan fingerprint density at radius 2 is 2.11 bits per heavy atom.